The highest BCUT2D eigenvalue weighted by Crippen LogP contribution is 2.31. The van der Waals surface area contributed by atoms with Crippen LogP contribution in [0.25, 0.3) is 0 Å². The lowest BCUT2D eigenvalue weighted by atomic mass is 10.0. The van der Waals surface area contributed by atoms with Crippen molar-refractivity contribution in [3.05, 3.63) is 63.7 Å². The van der Waals surface area contributed by atoms with E-state index in [4.69, 9.17) is 11.6 Å². The minimum atomic E-state index is -0.572. The van der Waals surface area contributed by atoms with Crippen LogP contribution in [0.2, 0.25) is 5.02 Å². The first-order chi connectivity index (χ1) is 18.8. The minimum absolute atomic E-state index is 0.128. The smallest absolute Gasteiger partial charge is 0.255 e. The molecule has 0 aromatic heterocycles. The number of nitrogens with zero attached hydrogens (tertiary/aromatic N) is 1. The molecule has 1 N–H and O–H groups in total. The zero-order valence-electron chi connectivity index (χ0n) is 22.6. The van der Waals surface area contributed by atoms with Crippen LogP contribution >= 0.6 is 23.4 Å². The second-order valence-electron chi connectivity index (χ2n) is 10.6. The number of amides is 3. The van der Waals surface area contributed by atoms with Gasteiger partial charge in [-0.15, -0.1) is 11.8 Å². The molecular weight excluding hydrogens is 532 g/mol. The van der Waals surface area contributed by atoms with Crippen LogP contribution < -0.4 is 5.32 Å². The van der Waals surface area contributed by atoms with Gasteiger partial charge >= 0.3 is 0 Å². The predicted molar refractivity (Wildman–Crippen MR) is 155 cm³/mol. The van der Waals surface area contributed by atoms with Gasteiger partial charge in [-0.3, -0.25) is 24.5 Å². The average molecular weight is 569 g/mol. The second-order valence-corrected chi connectivity index (χ2v) is 12.2. The second kappa shape index (κ2) is 14.1. The van der Waals surface area contributed by atoms with Crippen molar-refractivity contribution in [3.8, 4) is 0 Å². The summed E-state index contributed by atoms with van der Waals surface area (Å²) in [4.78, 5) is 51.4. The van der Waals surface area contributed by atoms with Crippen molar-refractivity contribution < 1.29 is 19.2 Å². The van der Waals surface area contributed by atoms with Gasteiger partial charge in [-0.1, -0.05) is 55.8 Å². The zero-order chi connectivity index (χ0) is 27.8. The summed E-state index contributed by atoms with van der Waals surface area (Å²) in [5.41, 5.74) is 3.64. The molecule has 2 aliphatic heterocycles. The van der Waals surface area contributed by atoms with E-state index in [0.717, 1.165) is 51.6 Å². The molecule has 1 atom stereocenters. The lowest BCUT2D eigenvalue weighted by Crippen LogP contribution is -2.52. The number of aryl methyl sites for hydroxylation is 1. The number of piperidine rings is 1. The summed E-state index contributed by atoms with van der Waals surface area (Å²) in [5, 5.41) is 3.07. The van der Waals surface area contributed by atoms with Crippen LogP contribution in [0.4, 0.5) is 0 Å². The van der Waals surface area contributed by atoms with Gasteiger partial charge in [0.1, 0.15) is 11.8 Å². The van der Waals surface area contributed by atoms with E-state index in [2.05, 4.69) is 11.4 Å². The summed E-state index contributed by atoms with van der Waals surface area (Å²) < 4.78 is 0. The number of unbranched alkanes of at least 4 members (excludes halogenated alkanes) is 6. The molecule has 8 heteroatoms. The maximum absolute atomic E-state index is 12.8. The quantitative estimate of drug-likeness (QED) is 0.161. The molecule has 1 unspecified atom stereocenters. The largest absolute Gasteiger partial charge is 0.322 e. The molecule has 1 fully saturated rings. The fraction of sp³-hybridized carbons (Fsp3) is 0.484. The van der Waals surface area contributed by atoms with Gasteiger partial charge in [0.15, 0.2) is 0 Å². The molecule has 208 valence electrons. The Morgan fingerprint density at radius 1 is 1.00 bits per heavy atom. The number of thioether (sulfide) groups is 1. The van der Waals surface area contributed by atoms with E-state index in [0.29, 0.717) is 31.4 Å². The molecular formula is C31H37ClN2O4S. The first-order valence-electron chi connectivity index (χ1n) is 14.0. The topological polar surface area (TPSA) is 83.6 Å². The number of rotatable bonds is 14. The molecule has 0 radical (unpaired) electrons. The number of nitrogens with one attached hydrogen (secondary N) is 1. The molecule has 0 spiro atoms. The van der Waals surface area contributed by atoms with Crippen molar-refractivity contribution in [1.82, 2.24) is 10.2 Å². The van der Waals surface area contributed by atoms with Gasteiger partial charge in [-0.2, -0.15) is 0 Å². The molecule has 2 aliphatic rings. The van der Waals surface area contributed by atoms with E-state index in [1.165, 1.54) is 25.7 Å². The Morgan fingerprint density at radius 3 is 2.49 bits per heavy atom. The molecule has 2 aromatic carbocycles. The fourth-order valence-electron chi connectivity index (χ4n) is 5.20. The van der Waals surface area contributed by atoms with Crippen LogP contribution in [-0.4, -0.2) is 40.2 Å². The van der Waals surface area contributed by atoms with Crippen molar-refractivity contribution in [2.75, 3.05) is 5.75 Å². The molecule has 1 saturated heterocycles. The van der Waals surface area contributed by atoms with Crippen molar-refractivity contribution in [1.29, 1.82) is 0 Å². The lowest BCUT2D eigenvalue weighted by Gasteiger charge is -2.29. The number of hydrogen-bond acceptors (Lipinski definition) is 5. The van der Waals surface area contributed by atoms with E-state index >= 15 is 0 Å². The van der Waals surface area contributed by atoms with E-state index in [1.807, 2.05) is 37.3 Å². The van der Waals surface area contributed by atoms with E-state index in [-0.39, 0.29) is 29.9 Å². The molecule has 6 nitrogen and oxygen atoms in total. The molecule has 2 aromatic rings. The highest BCUT2D eigenvalue weighted by atomic mass is 35.5. The maximum atomic E-state index is 12.8. The van der Waals surface area contributed by atoms with Gasteiger partial charge in [0.25, 0.3) is 5.91 Å². The van der Waals surface area contributed by atoms with E-state index in [9.17, 15) is 19.2 Å². The summed E-state index contributed by atoms with van der Waals surface area (Å²) in [6.07, 6.45) is 9.70. The van der Waals surface area contributed by atoms with Crippen LogP contribution in [0.15, 0.2) is 41.3 Å². The van der Waals surface area contributed by atoms with Crippen molar-refractivity contribution >= 4 is 46.9 Å². The number of halogens is 1. The Bertz CT molecular complexity index is 1230. The van der Waals surface area contributed by atoms with Crippen molar-refractivity contribution in [2.45, 2.75) is 95.0 Å². The molecule has 0 bridgehead atoms. The fourth-order valence-corrected chi connectivity index (χ4v) is 6.38. The number of benzene rings is 2. The summed E-state index contributed by atoms with van der Waals surface area (Å²) in [6, 6.07) is 11.2. The van der Waals surface area contributed by atoms with Gasteiger partial charge < -0.3 is 4.90 Å². The van der Waals surface area contributed by atoms with Gasteiger partial charge in [0.05, 0.1) is 0 Å². The summed E-state index contributed by atoms with van der Waals surface area (Å²) >= 11 is 7.96. The third-order valence-electron chi connectivity index (χ3n) is 7.50. The average Bonchev–Trinajstić information content (AvgIpc) is 3.22. The van der Waals surface area contributed by atoms with Crippen LogP contribution in [-0.2, 0) is 27.3 Å². The Labute approximate surface area is 240 Å². The molecule has 0 aliphatic carbocycles. The minimum Gasteiger partial charge on any atom is -0.322 e. The highest BCUT2D eigenvalue weighted by Gasteiger charge is 2.39. The number of carbonyl (C=O) groups excluding carboxylic acids is 4. The zero-order valence-corrected chi connectivity index (χ0v) is 24.2. The van der Waals surface area contributed by atoms with Gasteiger partial charge in [-0.05, 0) is 72.9 Å². The van der Waals surface area contributed by atoms with Crippen LogP contribution in [0.1, 0.15) is 91.3 Å². The number of ketones is 1. The van der Waals surface area contributed by atoms with Gasteiger partial charge in [-0.25, -0.2) is 0 Å². The molecule has 4 rings (SSSR count). The maximum Gasteiger partial charge on any atom is 0.255 e. The van der Waals surface area contributed by atoms with Crippen LogP contribution in [0.3, 0.4) is 0 Å². The Kier molecular flexibility index (Phi) is 10.6. The van der Waals surface area contributed by atoms with Crippen LogP contribution in [0, 0.1) is 6.92 Å². The number of hydrogen-bond donors (Lipinski definition) is 1. The third-order valence-corrected chi connectivity index (χ3v) is 8.99. The van der Waals surface area contributed by atoms with E-state index in [1.54, 1.807) is 16.7 Å². The standard InChI is InChI=1S/C31H37ClN2O4S/c1-21-10-11-22(18-27(21)32)17-24(35)9-7-5-3-2-4-6-8-16-39-25-12-13-26-23(19-25)20-34(31(26)38)28-14-15-29(36)33-30(28)37/h10-13,18-19,28H,2-9,14-17,20H2,1H3,(H,33,36,37). The van der Waals surface area contributed by atoms with Crippen LogP contribution in [0.5, 0.6) is 0 Å². The number of fused-ring (bicyclic) bond motifs is 1. The number of imide groups is 1. The van der Waals surface area contributed by atoms with Crippen molar-refractivity contribution in [3.63, 3.8) is 0 Å². The SMILES string of the molecule is Cc1ccc(CC(=O)CCCCCCCCCSc2ccc3c(c2)CN(C2CCC(=O)NC2=O)C3=O)cc1Cl. The van der Waals surface area contributed by atoms with Gasteiger partial charge in [0.2, 0.25) is 11.8 Å². The lowest BCUT2D eigenvalue weighted by molar-refractivity contribution is -0.137. The molecule has 39 heavy (non-hydrogen) atoms. The van der Waals surface area contributed by atoms with E-state index < -0.39 is 6.04 Å². The van der Waals surface area contributed by atoms with Crippen molar-refractivity contribution in [2.24, 2.45) is 0 Å². The number of carbonyl (C=O) groups is 4. The van der Waals surface area contributed by atoms with Gasteiger partial charge in [0, 0.05) is 41.3 Å². The summed E-state index contributed by atoms with van der Waals surface area (Å²) in [5.74, 6) is 0.537. The first-order valence-corrected chi connectivity index (χ1v) is 15.4. The Balaban J connectivity index is 1.06. The summed E-state index contributed by atoms with van der Waals surface area (Å²) in [6.45, 7) is 2.38. The number of Topliss-reactive ketones (excluding diaryl/α,β-unsaturated/α-hetero) is 1. The highest BCUT2D eigenvalue weighted by molar-refractivity contribution is 7.99. The molecule has 0 saturated carbocycles. The normalized spacial score (nSPS) is 16.9. The third kappa shape index (κ3) is 8.18. The monoisotopic (exact) mass is 568 g/mol. The molecule has 2 heterocycles. The first kappa shape index (κ1) is 29.3. The Hall–Kier alpha value is -2.64. The predicted octanol–water partition coefficient (Wildman–Crippen LogP) is 6.43. The Morgan fingerprint density at radius 2 is 1.74 bits per heavy atom. The summed E-state index contributed by atoms with van der Waals surface area (Å²) in [7, 11) is 0. The molecule has 3 amide bonds.